The number of benzene rings is 2. The van der Waals surface area contributed by atoms with Gasteiger partial charge in [0.2, 0.25) is 15.9 Å². The normalized spacial score (nSPS) is 18.8. The maximum atomic E-state index is 13.2. The highest BCUT2D eigenvalue weighted by atomic mass is 32.2. The molecule has 2 aromatic carbocycles. The molecule has 178 valence electrons. The first-order chi connectivity index (χ1) is 15.5. The van der Waals surface area contributed by atoms with E-state index in [2.05, 4.69) is 0 Å². The number of piperidine rings is 1. The van der Waals surface area contributed by atoms with Crippen molar-refractivity contribution in [2.45, 2.75) is 43.8 Å². The smallest absolute Gasteiger partial charge is 0.343 e. The Labute approximate surface area is 192 Å². The van der Waals surface area contributed by atoms with Crippen molar-refractivity contribution < 1.29 is 26.4 Å². The first kappa shape index (κ1) is 23.8. The SMILES string of the molecule is CS(=O)(=O)N1Cc2ccccc2C2(CCN(C(=O)CCc3ccccc3C(F)(F)F)CC2)C1. The third-order valence-corrected chi connectivity index (χ3v) is 8.08. The fourth-order valence-electron chi connectivity index (χ4n) is 5.10. The summed E-state index contributed by atoms with van der Waals surface area (Å²) in [6.45, 7) is 1.62. The van der Waals surface area contributed by atoms with Crippen molar-refractivity contribution in [3.8, 4) is 0 Å². The average Bonchev–Trinajstić information content (AvgIpc) is 2.77. The van der Waals surface area contributed by atoms with Gasteiger partial charge in [-0.05, 0) is 42.0 Å². The quantitative estimate of drug-likeness (QED) is 0.666. The summed E-state index contributed by atoms with van der Waals surface area (Å²) in [5.41, 5.74) is 1.18. The summed E-state index contributed by atoms with van der Waals surface area (Å²) in [7, 11) is -3.37. The Morgan fingerprint density at radius 1 is 1.03 bits per heavy atom. The third-order valence-electron chi connectivity index (χ3n) is 6.89. The van der Waals surface area contributed by atoms with E-state index in [0.29, 0.717) is 39.0 Å². The largest absolute Gasteiger partial charge is 0.416 e. The second kappa shape index (κ2) is 8.76. The molecule has 0 unspecified atom stereocenters. The van der Waals surface area contributed by atoms with Crippen molar-refractivity contribution in [2.24, 2.45) is 0 Å². The number of carbonyl (C=O) groups is 1. The minimum Gasteiger partial charge on any atom is -0.343 e. The summed E-state index contributed by atoms with van der Waals surface area (Å²) in [5.74, 6) is -0.175. The van der Waals surface area contributed by atoms with E-state index in [1.807, 2.05) is 24.3 Å². The van der Waals surface area contributed by atoms with E-state index in [1.165, 1.54) is 22.7 Å². The van der Waals surface area contributed by atoms with Crippen molar-refractivity contribution in [1.82, 2.24) is 9.21 Å². The van der Waals surface area contributed by atoms with Crippen molar-refractivity contribution in [3.63, 3.8) is 0 Å². The molecule has 0 bridgehead atoms. The molecule has 33 heavy (non-hydrogen) atoms. The first-order valence-electron chi connectivity index (χ1n) is 11.0. The summed E-state index contributed by atoms with van der Waals surface area (Å²) in [5, 5.41) is 0. The monoisotopic (exact) mass is 480 g/mol. The molecular formula is C24H27F3N2O3S. The highest BCUT2D eigenvalue weighted by Crippen LogP contribution is 2.42. The number of nitrogens with zero attached hydrogens (tertiary/aromatic N) is 2. The number of amides is 1. The van der Waals surface area contributed by atoms with Crippen LogP contribution >= 0.6 is 0 Å². The van der Waals surface area contributed by atoms with Crippen molar-refractivity contribution in [1.29, 1.82) is 0 Å². The van der Waals surface area contributed by atoms with Gasteiger partial charge in [-0.25, -0.2) is 8.42 Å². The molecular weight excluding hydrogens is 453 g/mol. The Morgan fingerprint density at radius 2 is 1.67 bits per heavy atom. The lowest BCUT2D eigenvalue weighted by Gasteiger charge is -2.48. The lowest BCUT2D eigenvalue weighted by atomic mass is 9.69. The van der Waals surface area contributed by atoms with E-state index in [4.69, 9.17) is 0 Å². The van der Waals surface area contributed by atoms with Crippen LogP contribution in [0.15, 0.2) is 48.5 Å². The second-order valence-electron chi connectivity index (χ2n) is 9.00. The first-order valence-corrected chi connectivity index (χ1v) is 12.8. The maximum absolute atomic E-state index is 13.2. The standard InChI is InChI=1S/C24H27F3N2O3S/c1-33(31,32)29-16-19-7-3-4-8-20(19)23(17-29)12-14-28(15-13-23)22(30)11-10-18-6-2-5-9-21(18)24(25,26)27/h2-9H,10-17H2,1H3. The molecule has 1 spiro atoms. The van der Waals surface area contributed by atoms with Gasteiger partial charge in [-0.3, -0.25) is 4.79 Å². The van der Waals surface area contributed by atoms with Crippen LogP contribution in [0.25, 0.3) is 0 Å². The van der Waals surface area contributed by atoms with Crippen molar-refractivity contribution >= 4 is 15.9 Å². The third kappa shape index (κ3) is 4.94. The van der Waals surface area contributed by atoms with E-state index < -0.39 is 21.8 Å². The molecule has 0 radical (unpaired) electrons. The lowest BCUT2D eigenvalue weighted by molar-refractivity contribution is -0.139. The van der Waals surface area contributed by atoms with Crippen LogP contribution in [0.5, 0.6) is 0 Å². The molecule has 0 aliphatic carbocycles. The van der Waals surface area contributed by atoms with Gasteiger partial charge in [-0.1, -0.05) is 42.5 Å². The van der Waals surface area contributed by atoms with Crippen LogP contribution in [0, 0.1) is 0 Å². The molecule has 0 aromatic heterocycles. The van der Waals surface area contributed by atoms with Gasteiger partial charge in [0.05, 0.1) is 11.8 Å². The Balaban J connectivity index is 1.45. The molecule has 5 nitrogen and oxygen atoms in total. The van der Waals surface area contributed by atoms with Gasteiger partial charge in [0, 0.05) is 38.0 Å². The number of rotatable bonds is 4. The molecule has 0 atom stereocenters. The molecule has 2 heterocycles. The Morgan fingerprint density at radius 3 is 2.33 bits per heavy atom. The van der Waals surface area contributed by atoms with Crippen LogP contribution < -0.4 is 0 Å². The van der Waals surface area contributed by atoms with Gasteiger partial charge < -0.3 is 4.90 Å². The van der Waals surface area contributed by atoms with Crippen molar-refractivity contribution in [2.75, 3.05) is 25.9 Å². The number of fused-ring (bicyclic) bond motifs is 2. The van der Waals surface area contributed by atoms with Gasteiger partial charge in [0.25, 0.3) is 0 Å². The van der Waals surface area contributed by atoms with Gasteiger partial charge in [-0.2, -0.15) is 17.5 Å². The molecule has 2 aromatic rings. The molecule has 1 fully saturated rings. The summed E-state index contributed by atoms with van der Waals surface area (Å²) >= 11 is 0. The van der Waals surface area contributed by atoms with Crippen LogP contribution in [-0.4, -0.2) is 49.4 Å². The van der Waals surface area contributed by atoms with E-state index in [-0.39, 0.29) is 29.7 Å². The predicted octanol–water partition coefficient (Wildman–Crippen LogP) is 3.97. The Bertz CT molecular complexity index is 1140. The highest BCUT2D eigenvalue weighted by molar-refractivity contribution is 7.88. The summed E-state index contributed by atoms with van der Waals surface area (Å²) in [4.78, 5) is 14.5. The number of carbonyl (C=O) groups excluding carboxylic acids is 1. The van der Waals surface area contributed by atoms with E-state index in [0.717, 1.165) is 17.2 Å². The molecule has 0 saturated carbocycles. The number of halogens is 3. The summed E-state index contributed by atoms with van der Waals surface area (Å²) < 4.78 is 65.8. The minimum atomic E-state index is -4.45. The number of aryl methyl sites for hydroxylation is 1. The van der Waals surface area contributed by atoms with Crippen LogP contribution in [0.4, 0.5) is 13.2 Å². The average molecular weight is 481 g/mol. The Hall–Kier alpha value is -2.39. The molecule has 0 N–H and O–H groups in total. The van der Waals surface area contributed by atoms with Crippen LogP contribution in [0.3, 0.4) is 0 Å². The highest BCUT2D eigenvalue weighted by Gasteiger charge is 2.44. The van der Waals surface area contributed by atoms with Gasteiger partial charge in [0.15, 0.2) is 0 Å². The second-order valence-corrected chi connectivity index (χ2v) is 11.0. The molecule has 4 rings (SSSR count). The van der Waals surface area contributed by atoms with Crippen LogP contribution in [-0.2, 0) is 39.4 Å². The Kier molecular flexibility index (Phi) is 6.30. The molecule has 1 saturated heterocycles. The zero-order valence-electron chi connectivity index (χ0n) is 18.4. The lowest BCUT2D eigenvalue weighted by Crippen LogP contribution is -2.53. The molecule has 1 amide bonds. The van der Waals surface area contributed by atoms with Gasteiger partial charge in [0.1, 0.15) is 0 Å². The number of hydrogen-bond donors (Lipinski definition) is 0. The van der Waals surface area contributed by atoms with E-state index in [1.54, 1.807) is 11.0 Å². The zero-order valence-corrected chi connectivity index (χ0v) is 19.3. The van der Waals surface area contributed by atoms with Gasteiger partial charge in [-0.15, -0.1) is 0 Å². The number of hydrogen-bond acceptors (Lipinski definition) is 3. The number of alkyl halides is 3. The summed E-state index contributed by atoms with van der Waals surface area (Å²) in [6.07, 6.45) is -1.97. The molecule has 9 heteroatoms. The molecule has 2 aliphatic rings. The molecule has 2 aliphatic heterocycles. The maximum Gasteiger partial charge on any atom is 0.416 e. The predicted molar refractivity (Wildman–Crippen MR) is 119 cm³/mol. The summed E-state index contributed by atoms with van der Waals surface area (Å²) in [6, 6.07) is 13.2. The number of sulfonamides is 1. The van der Waals surface area contributed by atoms with Crippen LogP contribution in [0.2, 0.25) is 0 Å². The topological polar surface area (TPSA) is 57.7 Å². The van der Waals surface area contributed by atoms with Gasteiger partial charge >= 0.3 is 6.18 Å². The minimum absolute atomic E-state index is 0.00610. The van der Waals surface area contributed by atoms with Crippen LogP contribution in [0.1, 0.15) is 41.5 Å². The fourth-order valence-corrected chi connectivity index (χ4v) is 5.96. The fraction of sp³-hybridized carbons (Fsp3) is 0.458. The zero-order chi connectivity index (χ0) is 23.9. The van der Waals surface area contributed by atoms with E-state index >= 15 is 0 Å². The number of likely N-dealkylation sites (tertiary alicyclic amines) is 1. The van der Waals surface area contributed by atoms with Crippen molar-refractivity contribution in [3.05, 3.63) is 70.8 Å². The van der Waals surface area contributed by atoms with E-state index in [9.17, 15) is 26.4 Å².